The molecule has 2 saturated carbocycles. The van der Waals surface area contributed by atoms with Gasteiger partial charge in [-0.2, -0.15) is 0 Å². The van der Waals surface area contributed by atoms with E-state index < -0.39 is 11.0 Å². The van der Waals surface area contributed by atoms with Gasteiger partial charge in [0.1, 0.15) is 6.10 Å². The molecule has 2 heterocycles. The van der Waals surface area contributed by atoms with Crippen LogP contribution in [0.1, 0.15) is 48.8 Å². The van der Waals surface area contributed by atoms with Gasteiger partial charge in [0.2, 0.25) is 0 Å². The van der Waals surface area contributed by atoms with Gasteiger partial charge in [0.25, 0.3) is 0 Å². The highest BCUT2D eigenvalue weighted by molar-refractivity contribution is 5.94. The number of ether oxygens (including phenoxy) is 1. The first-order valence-corrected chi connectivity index (χ1v) is 12.7. The molecule has 0 unspecified atom stereocenters. The largest absolute Gasteiger partial charge is 0.504 e. The number of rotatable bonds is 5. The molecular formula is C28H32N2O3. The number of phenols is 1. The molecule has 0 aromatic heterocycles. The Kier molecular flexibility index (Phi) is 4.29. The van der Waals surface area contributed by atoms with E-state index in [2.05, 4.69) is 35.2 Å². The van der Waals surface area contributed by atoms with Crippen LogP contribution in [0.2, 0.25) is 0 Å². The number of aromatic hydroxyl groups is 1. The molecule has 33 heavy (non-hydrogen) atoms. The third kappa shape index (κ3) is 2.75. The molecule has 1 spiro atoms. The van der Waals surface area contributed by atoms with Gasteiger partial charge in [-0.3, -0.25) is 9.89 Å². The summed E-state index contributed by atoms with van der Waals surface area (Å²) in [6, 6.07) is 14.4. The van der Waals surface area contributed by atoms with Crippen molar-refractivity contribution in [1.29, 1.82) is 0 Å². The molecule has 0 radical (unpaired) electrons. The quantitative estimate of drug-likeness (QED) is 0.739. The lowest BCUT2D eigenvalue weighted by Gasteiger charge is -2.63. The molecule has 2 aliphatic heterocycles. The summed E-state index contributed by atoms with van der Waals surface area (Å²) in [6.07, 6.45) is 6.45. The lowest BCUT2D eigenvalue weighted by Crippen LogP contribution is -2.76. The van der Waals surface area contributed by atoms with E-state index in [1.54, 1.807) is 6.07 Å². The fourth-order valence-corrected chi connectivity index (χ4v) is 7.42. The number of phenolic OH excluding ortho intramolecular Hbond substituents is 1. The van der Waals surface area contributed by atoms with Crippen molar-refractivity contribution in [3.05, 3.63) is 59.2 Å². The first-order chi connectivity index (χ1) is 16.1. The second-order valence-electron chi connectivity index (χ2n) is 10.9. The maximum atomic E-state index is 12.5. The molecule has 2 aromatic carbocycles. The summed E-state index contributed by atoms with van der Waals surface area (Å²) >= 11 is 0. The van der Waals surface area contributed by atoms with Crippen molar-refractivity contribution in [1.82, 2.24) is 4.90 Å². The summed E-state index contributed by atoms with van der Waals surface area (Å²) in [5, 5.41) is 23.2. The summed E-state index contributed by atoms with van der Waals surface area (Å²) in [6.45, 7) is 2.81. The van der Waals surface area contributed by atoms with Crippen molar-refractivity contribution in [3.63, 3.8) is 0 Å². The predicted molar refractivity (Wildman–Crippen MR) is 127 cm³/mol. The Balaban J connectivity index is 1.28. The lowest BCUT2D eigenvalue weighted by molar-refractivity contribution is -0.166. The maximum Gasteiger partial charge on any atom is 0.166 e. The molecule has 4 atom stereocenters. The van der Waals surface area contributed by atoms with E-state index in [1.807, 2.05) is 6.07 Å². The Morgan fingerprint density at radius 3 is 2.76 bits per heavy atom. The van der Waals surface area contributed by atoms with Crippen LogP contribution in [0, 0.1) is 5.92 Å². The molecule has 2 N–H and O–H groups in total. The fraction of sp³-hybridized carbons (Fsp3) is 0.536. The average molecular weight is 445 g/mol. The van der Waals surface area contributed by atoms with Gasteiger partial charge in [-0.25, -0.2) is 0 Å². The molecule has 0 amide bonds. The standard InChI is InChI=1S/C28H32N2O3/c31-22-9-8-20-16-23-28(32)12-10-21(29-14-11-18-4-2-1-3-5-18)26-27(28,24(20)25(22)33-26)13-15-30(23)17-19-6-7-19/h1-5,8-9,19,23,26,31-32H,6-7,10-17H2/t23-,26+,27+,28-/m1/s1. The van der Waals surface area contributed by atoms with Gasteiger partial charge in [0.15, 0.2) is 11.5 Å². The number of aliphatic imine (C=N–C) groups is 1. The maximum absolute atomic E-state index is 12.5. The minimum atomic E-state index is -0.838. The van der Waals surface area contributed by atoms with E-state index >= 15 is 0 Å². The fourth-order valence-electron chi connectivity index (χ4n) is 7.42. The Bertz CT molecular complexity index is 1130. The summed E-state index contributed by atoms with van der Waals surface area (Å²) in [4.78, 5) is 7.63. The van der Waals surface area contributed by atoms with Crippen molar-refractivity contribution in [2.24, 2.45) is 10.9 Å². The van der Waals surface area contributed by atoms with E-state index in [-0.39, 0.29) is 17.9 Å². The first-order valence-electron chi connectivity index (χ1n) is 12.7. The van der Waals surface area contributed by atoms with Crippen LogP contribution in [0.5, 0.6) is 11.5 Å². The Labute approximate surface area is 195 Å². The van der Waals surface area contributed by atoms with Crippen molar-refractivity contribution in [2.45, 2.75) is 68.1 Å². The van der Waals surface area contributed by atoms with E-state index in [0.29, 0.717) is 5.75 Å². The number of piperidine rings is 1. The van der Waals surface area contributed by atoms with Crippen molar-refractivity contribution in [3.8, 4) is 11.5 Å². The zero-order valence-corrected chi connectivity index (χ0v) is 19.0. The van der Waals surface area contributed by atoms with Gasteiger partial charge >= 0.3 is 0 Å². The van der Waals surface area contributed by atoms with Crippen LogP contribution < -0.4 is 4.74 Å². The second-order valence-corrected chi connectivity index (χ2v) is 10.9. The SMILES string of the molecule is Oc1ccc2c3c1O[C@H]1C(=NCCc4ccccc4)CC[C@@]4(O)[C@@H](C2)N(CC2CC2)CC[C@]314. The van der Waals surface area contributed by atoms with Gasteiger partial charge in [-0.15, -0.1) is 0 Å². The van der Waals surface area contributed by atoms with Crippen LogP contribution in [0.15, 0.2) is 47.5 Å². The van der Waals surface area contributed by atoms with Crippen LogP contribution in [0.4, 0.5) is 0 Å². The summed E-state index contributed by atoms with van der Waals surface area (Å²) in [5.74, 6) is 1.60. The molecule has 172 valence electrons. The third-order valence-corrected chi connectivity index (χ3v) is 9.14. The topological polar surface area (TPSA) is 65.3 Å². The summed E-state index contributed by atoms with van der Waals surface area (Å²) in [7, 11) is 0. The molecule has 5 aliphatic rings. The van der Waals surface area contributed by atoms with E-state index in [0.717, 1.165) is 68.9 Å². The van der Waals surface area contributed by atoms with Crippen molar-refractivity contribution < 1.29 is 14.9 Å². The van der Waals surface area contributed by atoms with Crippen LogP contribution in [-0.2, 0) is 18.3 Å². The number of hydrogen-bond acceptors (Lipinski definition) is 5. The van der Waals surface area contributed by atoms with Crippen LogP contribution in [0.3, 0.4) is 0 Å². The van der Waals surface area contributed by atoms with E-state index in [4.69, 9.17) is 9.73 Å². The molecule has 1 saturated heterocycles. The molecule has 3 aliphatic carbocycles. The normalized spacial score (nSPS) is 35.4. The van der Waals surface area contributed by atoms with Gasteiger partial charge in [-0.1, -0.05) is 36.4 Å². The molecule has 5 heteroatoms. The number of likely N-dealkylation sites (tertiary alicyclic amines) is 1. The highest BCUT2D eigenvalue weighted by Crippen LogP contribution is 2.65. The van der Waals surface area contributed by atoms with Gasteiger partial charge < -0.3 is 14.9 Å². The summed E-state index contributed by atoms with van der Waals surface area (Å²) < 4.78 is 6.56. The van der Waals surface area contributed by atoms with Crippen LogP contribution in [0.25, 0.3) is 0 Å². The molecule has 2 aromatic rings. The molecule has 2 bridgehead atoms. The third-order valence-electron chi connectivity index (χ3n) is 9.14. The Morgan fingerprint density at radius 2 is 1.94 bits per heavy atom. The highest BCUT2D eigenvalue weighted by atomic mass is 16.5. The molecular weight excluding hydrogens is 412 g/mol. The highest BCUT2D eigenvalue weighted by Gasteiger charge is 2.72. The number of nitrogens with zero attached hydrogens (tertiary/aromatic N) is 2. The lowest BCUT2D eigenvalue weighted by atomic mass is 9.49. The van der Waals surface area contributed by atoms with Crippen molar-refractivity contribution in [2.75, 3.05) is 19.6 Å². The predicted octanol–water partition coefficient (Wildman–Crippen LogP) is 3.64. The Hall–Kier alpha value is -2.37. The number of aliphatic hydroxyl groups is 1. The smallest absolute Gasteiger partial charge is 0.166 e. The van der Waals surface area contributed by atoms with E-state index in [9.17, 15) is 10.2 Å². The average Bonchev–Trinajstić information content (AvgIpc) is 3.56. The first kappa shape index (κ1) is 20.0. The minimum absolute atomic E-state index is 0.117. The molecule has 3 fully saturated rings. The molecule has 5 nitrogen and oxygen atoms in total. The summed E-state index contributed by atoms with van der Waals surface area (Å²) in [5.41, 5.74) is 3.33. The van der Waals surface area contributed by atoms with E-state index in [1.165, 1.54) is 24.0 Å². The monoisotopic (exact) mass is 444 g/mol. The zero-order chi connectivity index (χ0) is 22.2. The van der Waals surface area contributed by atoms with Crippen LogP contribution >= 0.6 is 0 Å². The van der Waals surface area contributed by atoms with Gasteiger partial charge in [0, 0.05) is 24.7 Å². The number of hydrogen-bond donors (Lipinski definition) is 2. The minimum Gasteiger partial charge on any atom is -0.504 e. The van der Waals surface area contributed by atoms with Gasteiger partial charge in [0.05, 0.1) is 16.7 Å². The second kappa shape index (κ2) is 7.07. The Morgan fingerprint density at radius 1 is 1.09 bits per heavy atom. The van der Waals surface area contributed by atoms with Crippen molar-refractivity contribution >= 4 is 5.71 Å². The van der Waals surface area contributed by atoms with Gasteiger partial charge in [-0.05, 0) is 74.6 Å². The number of benzene rings is 2. The van der Waals surface area contributed by atoms with Crippen LogP contribution in [-0.4, -0.2) is 58.2 Å². The molecule has 7 rings (SSSR count). The zero-order valence-electron chi connectivity index (χ0n) is 19.0.